The molecule has 1 atom stereocenters. The molecule has 15 heavy (non-hydrogen) atoms. The van der Waals surface area contributed by atoms with Crippen LogP contribution in [-0.4, -0.2) is 30.8 Å². The van der Waals surface area contributed by atoms with Gasteiger partial charge in [-0.2, -0.15) is 0 Å². The summed E-state index contributed by atoms with van der Waals surface area (Å²) in [6.07, 6.45) is 1.35. The minimum Gasteiger partial charge on any atom is -0.465 e. The van der Waals surface area contributed by atoms with Gasteiger partial charge in [0.1, 0.15) is 12.4 Å². The molecule has 1 rings (SSSR count). The Balaban J connectivity index is 2.47. The molecule has 0 aromatic carbocycles. The van der Waals surface area contributed by atoms with Crippen LogP contribution < -0.4 is 5.32 Å². The summed E-state index contributed by atoms with van der Waals surface area (Å²) in [5, 5.41) is 2.64. The molecule has 0 aromatic heterocycles. The number of hydrogen-bond donors (Lipinski definition) is 1. The van der Waals surface area contributed by atoms with Gasteiger partial charge in [0, 0.05) is 26.3 Å². The van der Waals surface area contributed by atoms with Crippen molar-refractivity contribution in [3.63, 3.8) is 0 Å². The van der Waals surface area contributed by atoms with Gasteiger partial charge in [0.05, 0.1) is 5.92 Å². The van der Waals surface area contributed by atoms with Crippen molar-refractivity contribution in [3.05, 3.63) is 0 Å². The number of nitrogens with one attached hydrogen (secondary N) is 1. The van der Waals surface area contributed by atoms with E-state index in [0.29, 0.717) is 19.3 Å². The zero-order valence-electron chi connectivity index (χ0n) is 8.75. The monoisotopic (exact) mass is 213 g/mol. The molecule has 1 saturated heterocycles. The standard InChI is InChI=1S/C10H15NO4/c1-7(12)15-6-8-5-11-10(14)4-2-3-9(8)13/h8H,2-6H2,1H3,(H,11,14). The highest BCUT2D eigenvalue weighted by atomic mass is 16.5. The van der Waals surface area contributed by atoms with E-state index in [1.165, 1.54) is 6.92 Å². The molecule has 0 bridgehead atoms. The van der Waals surface area contributed by atoms with E-state index in [-0.39, 0.29) is 24.8 Å². The second kappa shape index (κ2) is 5.48. The lowest BCUT2D eigenvalue weighted by Gasteiger charge is -2.18. The van der Waals surface area contributed by atoms with Crippen LogP contribution >= 0.6 is 0 Å². The Morgan fingerprint density at radius 2 is 2.20 bits per heavy atom. The fraction of sp³-hybridized carbons (Fsp3) is 0.700. The number of Topliss-reactive ketones (excluding diaryl/α,β-unsaturated/α-hetero) is 1. The van der Waals surface area contributed by atoms with Gasteiger partial charge in [-0.05, 0) is 6.42 Å². The van der Waals surface area contributed by atoms with Crippen LogP contribution in [0.3, 0.4) is 0 Å². The molecule has 1 fully saturated rings. The van der Waals surface area contributed by atoms with E-state index in [9.17, 15) is 14.4 Å². The Morgan fingerprint density at radius 1 is 1.47 bits per heavy atom. The van der Waals surface area contributed by atoms with Crippen molar-refractivity contribution in [3.8, 4) is 0 Å². The second-order valence-electron chi connectivity index (χ2n) is 3.62. The summed E-state index contributed by atoms with van der Waals surface area (Å²) in [7, 11) is 0. The van der Waals surface area contributed by atoms with Crippen LogP contribution in [0.25, 0.3) is 0 Å². The summed E-state index contributed by atoms with van der Waals surface area (Å²) >= 11 is 0. The summed E-state index contributed by atoms with van der Waals surface area (Å²) in [6.45, 7) is 1.63. The number of ketones is 1. The third kappa shape index (κ3) is 4.10. The maximum Gasteiger partial charge on any atom is 0.302 e. The van der Waals surface area contributed by atoms with Crippen molar-refractivity contribution in [2.45, 2.75) is 26.2 Å². The summed E-state index contributed by atoms with van der Waals surface area (Å²) < 4.78 is 4.77. The SMILES string of the molecule is CC(=O)OCC1CNC(=O)CCCC1=O. The number of carbonyl (C=O) groups is 3. The molecule has 1 unspecified atom stereocenters. The normalized spacial score (nSPS) is 22.6. The topological polar surface area (TPSA) is 72.5 Å². The molecule has 1 aliphatic rings. The van der Waals surface area contributed by atoms with Gasteiger partial charge < -0.3 is 10.1 Å². The average molecular weight is 213 g/mol. The lowest BCUT2D eigenvalue weighted by molar-refractivity contribution is -0.143. The Bertz CT molecular complexity index is 273. The molecule has 1 N–H and O–H groups in total. The smallest absolute Gasteiger partial charge is 0.302 e. The van der Waals surface area contributed by atoms with Gasteiger partial charge >= 0.3 is 5.97 Å². The van der Waals surface area contributed by atoms with E-state index in [1.54, 1.807) is 0 Å². The molecular formula is C10H15NO4. The van der Waals surface area contributed by atoms with Crippen LogP contribution in [0, 0.1) is 5.92 Å². The van der Waals surface area contributed by atoms with Gasteiger partial charge in [0.25, 0.3) is 0 Å². The summed E-state index contributed by atoms with van der Waals surface area (Å²) in [6, 6.07) is 0. The Kier molecular flexibility index (Phi) is 4.27. The third-order valence-corrected chi connectivity index (χ3v) is 2.32. The van der Waals surface area contributed by atoms with Crippen LogP contribution in [0.4, 0.5) is 0 Å². The lowest BCUT2D eigenvalue weighted by atomic mass is 9.98. The summed E-state index contributed by atoms with van der Waals surface area (Å²) in [4.78, 5) is 33.2. The van der Waals surface area contributed by atoms with E-state index in [2.05, 4.69) is 5.32 Å². The maximum absolute atomic E-state index is 11.5. The number of esters is 1. The van der Waals surface area contributed by atoms with E-state index in [1.807, 2.05) is 0 Å². The van der Waals surface area contributed by atoms with Crippen molar-refractivity contribution in [1.82, 2.24) is 5.32 Å². The van der Waals surface area contributed by atoms with Gasteiger partial charge in [-0.1, -0.05) is 0 Å². The molecule has 1 aliphatic heterocycles. The largest absolute Gasteiger partial charge is 0.465 e. The Labute approximate surface area is 88.2 Å². The Hall–Kier alpha value is -1.39. The number of rotatable bonds is 2. The summed E-state index contributed by atoms with van der Waals surface area (Å²) in [5.74, 6) is -0.791. The van der Waals surface area contributed by atoms with E-state index >= 15 is 0 Å². The van der Waals surface area contributed by atoms with Gasteiger partial charge in [0.2, 0.25) is 5.91 Å². The summed E-state index contributed by atoms with van der Waals surface area (Å²) in [5.41, 5.74) is 0. The average Bonchev–Trinajstić information content (AvgIpc) is 2.15. The minimum atomic E-state index is -0.406. The molecule has 1 amide bonds. The molecule has 5 nitrogen and oxygen atoms in total. The van der Waals surface area contributed by atoms with Crippen LogP contribution in [0.1, 0.15) is 26.2 Å². The van der Waals surface area contributed by atoms with E-state index < -0.39 is 11.9 Å². The molecule has 0 aliphatic carbocycles. The number of hydrogen-bond acceptors (Lipinski definition) is 4. The maximum atomic E-state index is 11.5. The Morgan fingerprint density at radius 3 is 2.87 bits per heavy atom. The molecule has 84 valence electrons. The lowest BCUT2D eigenvalue weighted by Crippen LogP contribution is -2.37. The number of ether oxygens (including phenoxy) is 1. The van der Waals surface area contributed by atoms with Crippen LogP contribution in [0.2, 0.25) is 0 Å². The first-order valence-corrected chi connectivity index (χ1v) is 5.02. The van der Waals surface area contributed by atoms with Crippen molar-refractivity contribution < 1.29 is 19.1 Å². The highest BCUT2D eigenvalue weighted by molar-refractivity contribution is 5.85. The van der Waals surface area contributed by atoms with Gasteiger partial charge in [0.15, 0.2) is 0 Å². The van der Waals surface area contributed by atoms with Crippen LogP contribution in [-0.2, 0) is 19.1 Å². The van der Waals surface area contributed by atoms with Crippen molar-refractivity contribution in [2.24, 2.45) is 5.92 Å². The molecule has 0 spiro atoms. The highest BCUT2D eigenvalue weighted by Gasteiger charge is 2.22. The van der Waals surface area contributed by atoms with E-state index in [4.69, 9.17) is 4.74 Å². The van der Waals surface area contributed by atoms with Gasteiger partial charge in [-0.3, -0.25) is 14.4 Å². The van der Waals surface area contributed by atoms with Gasteiger partial charge in [-0.15, -0.1) is 0 Å². The molecular weight excluding hydrogens is 198 g/mol. The van der Waals surface area contributed by atoms with Crippen molar-refractivity contribution in [2.75, 3.05) is 13.2 Å². The molecule has 0 aromatic rings. The first-order chi connectivity index (χ1) is 7.09. The second-order valence-corrected chi connectivity index (χ2v) is 3.62. The third-order valence-electron chi connectivity index (χ3n) is 2.32. The number of carbonyl (C=O) groups excluding carboxylic acids is 3. The molecule has 0 radical (unpaired) electrons. The zero-order chi connectivity index (χ0) is 11.3. The molecule has 0 saturated carbocycles. The minimum absolute atomic E-state index is 0.0460. The fourth-order valence-corrected chi connectivity index (χ4v) is 1.44. The fourth-order valence-electron chi connectivity index (χ4n) is 1.44. The van der Waals surface area contributed by atoms with Crippen molar-refractivity contribution in [1.29, 1.82) is 0 Å². The quantitative estimate of drug-likeness (QED) is 0.657. The van der Waals surface area contributed by atoms with Gasteiger partial charge in [-0.25, -0.2) is 0 Å². The van der Waals surface area contributed by atoms with Crippen LogP contribution in [0.15, 0.2) is 0 Å². The highest BCUT2D eigenvalue weighted by Crippen LogP contribution is 2.09. The first-order valence-electron chi connectivity index (χ1n) is 5.02. The predicted octanol–water partition coefficient (Wildman–Crippen LogP) is 0.0349. The van der Waals surface area contributed by atoms with Crippen molar-refractivity contribution >= 4 is 17.7 Å². The first kappa shape index (κ1) is 11.7. The number of amides is 1. The molecule has 1 heterocycles. The predicted molar refractivity (Wildman–Crippen MR) is 52.0 cm³/mol. The van der Waals surface area contributed by atoms with Crippen LogP contribution in [0.5, 0.6) is 0 Å². The zero-order valence-corrected chi connectivity index (χ0v) is 8.75. The molecule has 5 heteroatoms. The van der Waals surface area contributed by atoms with E-state index in [0.717, 1.165) is 0 Å².